The minimum absolute atomic E-state index is 0.0976. The fourth-order valence-corrected chi connectivity index (χ4v) is 1.73. The van der Waals surface area contributed by atoms with Crippen LogP contribution in [0.2, 0.25) is 0 Å². The van der Waals surface area contributed by atoms with Crippen LogP contribution in [0.5, 0.6) is 0 Å². The molecule has 1 N–H and O–H groups in total. The maximum Gasteiger partial charge on any atom is 0.354 e. The maximum absolute atomic E-state index is 11.0. The van der Waals surface area contributed by atoms with Crippen molar-refractivity contribution < 1.29 is 14.3 Å². The molecule has 0 spiro atoms. The second-order valence-corrected chi connectivity index (χ2v) is 3.62. The molecule has 1 aromatic heterocycles. The Kier molecular flexibility index (Phi) is 3.07. The second-order valence-electron chi connectivity index (χ2n) is 2.45. The van der Waals surface area contributed by atoms with E-state index in [0.29, 0.717) is 11.4 Å². The first kappa shape index (κ1) is 10.2. The lowest BCUT2D eigenvalue weighted by Gasteiger charge is -1.93. The van der Waals surface area contributed by atoms with Crippen molar-refractivity contribution in [3.63, 3.8) is 0 Å². The largest absolute Gasteiger partial charge is 0.464 e. The molecule has 70 valence electrons. The summed E-state index contributed by atoms with van der Waals surface area (Å²) in [5.74, 6) is -0.565. The van der Waals surface area contributed by atoms with Crippen LogP contribution in [0.1, 0.15) is 27.9 Å². The number of H-pyrrole nitrogens is 1. The molecule has 0 radical (unpaired) electrons. The van der Waals surface area contributed by atoms with Crippen LogP contribution in [-0.4, -0.2) is 23.8 Å². The van der Waals surface area contributed by atoms with Gasteiger partial charge in [0.25, 0.3) is 0 Å². The van der Waals surface area contributed by atoms with Gasteiger partial charge in [0.1, 0.15) is 5.69 Å². The quantitative estimate of drug-likeness (QED) is 0.512. The van der Waals surface area contributed by atoms with Gasteiger partial charge in [0.05, 0.1) is 12.8 Å². The number of rotatable bonds is 2. The normalized spacial score (nSPS) is 9.77. The van der Waals surface area contributed by atoms with E-state index in [2.05, 4.69) is 9.72 Å². The van der Waals surface area contributed by atoms with Gasteiger partial charge in [-0.25, -0.2) is 4.79 Å². The van der Waals surface area contributed by atoms with E-state index in [1.807, 2.05) is 22.6 Å². The van der Waals surface area contributed by atoms with Crippen LogP contribution in [0.3, 0.4) is 0 Å². The van der Waals surface area contributed by atoms with E-state index in [9.17, 15) is 9.59 Å². The summed E-state index contributed by atoms with van der Waals surface area (Å²) in [5.41, 5.74) is 0.748. The Morgan fingerprint density at radius 3 is 2.54 bits per heavy atom. The Balaban J connectivity index is 3.09. The van der Waals surface area contributed by atoms with Gasteiger partial charge in [-0.05, 0) is 28.7 Å². The van der Waals surface area contributed by atoms with Crippen molar-refractivity contribution >= 4 is 34.3 Å². The third kappa shape index (κ3) is 2.09. The van der Waals surface area contributed by atoms with Crippen LogP contribution in [0.15, 0.2) is 6.07 Å². The van der Waals surface area contributed by atoms with Gasteiger partial charge in [0, 0.05) is 10.5 Å². The molecule has 1 aromatic rings. The molecule has 0 aliphatic rings. The van der Waals surface area contributed by atoms with Crippen molar-refractivity contribution in [1.82, 2.24) is 4.98 Å². The number of aromatic nitrogens is 1. The SMILES string of the molecule is COC(=O)c1cc(I)c(C(C)=O)[nH]1. The summed E-state index contributed by atoms with van der Waals surface area (Å²) in [6, 6.07) is 1.59. The van der Waals surface area contributed by atoms with E-state index >= 15 is 0 Å². The van der Waals surface area contributed by atoms with Crippen LogP contribution in [0.4, 0.5) is 0 Å². The molecule has 0 unspecified atom stereocenters. The number of halogens is 1. The molecule has 0 amide bonds. The number of ether oxygens (including phenoxy) is 1. The maximum atomic E-state index is 11.0. The number of carbonyl (C=O) groups excluding carboxylic acids is 2. The van der Waals surface area contributed by atoms with Crippen molar-refractivity contribution in [3.8, 4) is 0 Å². The third-order valence-electron chi connectivity index (χ3n) is 1.53. The van der Waals surface area contributed by atoms with Crippen molar-refractivity contribution in [3.05, 3.63) is 21.0 Å². The fourth-order valence-electron chi connectivity index (χ4n) is 0.905. The molecule has 1 rings (SSSR count). The Labute approximate surface area is 88.8 Å². The van der Waals surface area contributed by atoms with Gasteiger partial charge in [-0.1, -0.05) is 0 Å². The lowest BCUT2D eigenvalue weighted by atomic mass is 10.3. The Hall–Kier alpha value is -0.850. The Morgan fingerprint density at radius 1 is 1.54 bits per heavy atom. The summed E-state index contributed by atoms with van der Waals surface area (Å²) < 4.78 is 5.23. The first-order chi connectivity index (χ1) is 6.06. The molecule has 0 saturated heterocycles. The first-order valence-corrected chi connectivity index (χ1v) is 4.62. The average Bonchev–Trinajstić information content (AvgIpc) is 2.46. The van der Waals surface area contributed by atoms with Gasteiger partial charge >= 0.3 is 5.97 Å². The summed E-state index contributed by atoms with van der Waals surface area (Å²) >= 11 is 1.99. The highest BCUT2D eigenvalue weighted by atomic mass is 127. The molecular formula is C8H8INO3. The molecule has 0 bridgehead atoms. The number of Topliss-reactive ketones (excluding diaryl/α,β-unsaturated/α-hetero) is 1. The molecule has 13 heavy (non-hydrogen) atoms. The topological polar surface area (TPSA) is 59.2 Å². The zero-order chi connectivity index (χ0) is 10.0. The number of nitrogens with one attached hydrogen (secondary N) is 1. The van der Waals surface area contributed by atoms with Crippen molar-refractivity contribution in [1.29, 1.82) is 0 Å². The second kappa shape index (κ2) is 3.91. The molecule has 1 heterocycles. The Morgan fingerprint density at radius 2 is 2.15 bits per heavy atom. The van der Waals surface area contributed by atoms with Crippen molar-refractivity contribution in [2.75, 3.05) is 7.11 Å². The Bertz CT molecular complexity index is 356. The predicted octanol–water partition coefficient (Wildman–Crippen LogP) is 1.61. The highest BCUT2D eigenvalue weighted by Crippen LogP contribution is 2.14. The van der Waals surface area contributed by atoms with Gasteiger partial charge in [-0.15, -0.1) is 0 Å². The smallest absolute Gasteiger partial charge is 0.354 e. The lowest BCUT2D eigenvalue weighted by Crippen LogP contribution is -2.02. The minimum Gasteiger partial charge on any atom is -0.464 e. The molecule has 5 heteroatoms. The van der Waals surface area contributed by atoms with Crippen LogP contribution in [0, 0.1) is 3.57 Å². The zero-order valence-electron chi connectivity index (χ0n) is 7.18. The standard InChI is InChI=1S/C8H8INO3/c1-4(11)7-5(9)3-6(10-7)8(12)13-2/h3,10H,1-2H3. The summed E-state index contributed by atoms with van der Waals surface area (Å²) in [4.78, 5) is 24.7. The van der Waals surface area contributed by atoms with E-state index in [-0.39, 0.29) is 5.78 Å². The summed E-state index contributed by atoms with van der Waals surface area (Å²) in [6.07, 6.45) is 0. The molecule has 0 atom stereocenters. The molecule has 0 aliphatic heterocycles. The van der Waals surface area contributed by atoms with Crippen LogP contribution in [0.25, 0.3) is 0 Å². The van der Waals surface area contributed by atoms with Gasteiger partial charge in [-0.2, -0.15) is 0 Å². The summed E-state index contributed by atoms with van der Waals surface area (Å²) in [7, 11) is 1.30. The van der Waals surface area contributed by atoms with Crippen LogP contribution in [-0.2, 0) is 4.74 Å². The molecular weight excluding hydrogens is 285 g/mol. The number of hydrogen-bond donors (Lipinski definition) is 1. The first-order valence-electron chi connectivity index (χ1n) is 3.54. The number of aromatic amines is 1. The lowest BCUT2D eigenvalue weighted by molar-refractivity contribution is 0.0595. The van der Waals surface area contributed by atoms with E-state index in [4.69, 9.17) is 0 Å². The number of esters is 1. The average molecular weight is 293 g/mol. The number of ketones is 1. The zero-order valence-corrected chi connectivity index (χ0v) is 9.34. The van der Waals surface area contributed by atoms with E-state index < -0.39 is 5.97 Å². The van der Waals surface area contributed by atoms with Crippen molar-refractivity contribution in [2.24, 2.45) is 0 Å². The van der Waals surface area contributed by atoms with E-state index in [1.165, 1.54) is 14.0 Å². The van der Waals surface area contributed by atoms with Gasteiger partial charge in [0.15, 0.2) is 5.78 Å². The molecule has 0 fully saturated rings. The number of methoxy groups -OCH3 is 1. The highest BCUT2D eigenvalue weighted by Gasteiger charge is 2.14. The van der Waals surface area contributed by atoms with Crippen LogP contribution < -0.4 is 0 Å². The molecule has 0 aliphatic carbocycles. The van der Waals surface area contributed by atoms with E-state index in [1.54, 1.807) is 6.07 Å². The summed E-state index contributed by atoms with van der Waals surface area (Å²) in [6.45, 7) is 1.44. The minimum atomic E-state index is -0.467. The fraction of sp³-hybridized carbons (Fsp3) is 0.250. The summed E-state index contributed by atoms with van der Waals surface area (Å²) in [5, 5.41) is 0. The molecule has 0 aromatic carbocycles. The molecule has 4 nitrogen and oxygen atoms in total. The number of carbonyl (C=O) groups is 2. The monoisotopic (exact) mass is 293 g/mol. The number of hydrogen-bond acceptors (Lipinski definition) is 3. The third-order valence-corrected chi connectivity index (χ3v) is 2.38. The van der Waals surface area contributed by atoms with Gasteiger partial charge < -0.3 is 9.72 Å². The van der Waals surface area contributed by atoms with E-state index in [0.717, 1.165) is 3.57 Å². The van der Waals surface area contributed by atoms with Crippen LogP contribution >= 0.6 is 22.6 Å². The van der Waals surface area contributed by atoms with Gasteiger partial charge in [0.2, 0.25) is 0 Å². The van der Waals surface area contributed by atoms with Gasteiger partial charge in [-0.3, -0.25) is 4.79 Å². The van der Waals surface area contributed by atoms with Crippen molar-refractivity contribution in [2.45, 2.75) is 6.92 Å². The predicted molar refractivity (Wildman–Crippen MR) is 54.9 cm³/mol. The highest BCUT2D eigenvalue weighted by molar-refractivity contribution is 14.1. The molecule has 0 saturated carbocycles.